The van der Waals surface area contributed by atoms with Crippen molar-refractivity contribution < 1.29 is 4.79 Å². The molecule has 0 spiro atoms. The van der Waals surface area contributed by atoms with Crippen LogP contribution in [0.2, 0.25) is 0 Å². The largest absolute Gasteiger partial charge is 0.349 e. The maximum absolute atomic E-state index is 12.0. The van der Waals surface area contributed by atoms with E-state index in [2.05, 4.69) is 15.4 Å². The fourth-order valence-corrected chi connectivity index (χ4v) is 3.15. The molecule has 2 aromatic rings. The minimum Gasteiger partial charge on any atom is -0.349 e. The molecular formula is C13H16N4OS. The molecule has 0 bridgehead atoms. The van der Waals surface area contributed by atoms with Gasteiger partial charge in [-0.1, -0.05) is 0 Å². The normalized spacial score (nSPS) is 18.1. The molecule has 19 heavy (non-hydrogen) atoms. The van der Waals surface area contributed by atoms with Gasteiger partial charge in [-0.05, 0) is 19.3 Å². The zero-order valence-electron chi connectivity index (χ0n) is 10.8. The number of carbonyl (C=O) groups is 1. The number of carbonyl (C=O) groups excluding carboxylic acids is 1. The Morgan fingerprint density at radius 1 is 1.63 bits per heavy atom. The van der Waals surface area contributed by atoms with Crippen LogP contribution in [-0.2, 0) is 24.7 Å². The molecule has 6 heteroatoms. The van der Waals surface area contributed by atoms with E-state index in [9.17, 15) is 4.79 Å². The van der Waals surface area contributed by atoms with Crippen molar-refractivity contribution >= 4 is 17.2 Å². The topological polar surface area (TPSA) is 59.8 Å². The van der Waals surface area contributed by atoms with Crippen LogP contribution in [0.15, 0.2) is 17.1 Å². The van der Waals surface area contributed by atoms with Crippen molar-refractivity contribution in [3.8, 4) is 0 Å². The minimum absolute atomic E-state index is 0.0348. The summed E-state index contributed by atoms with van der Waals surface area (Å²) in [6, 6.07) is 0.101. The van der Waals surface area contributed by atoms with E-state index in [0.29, 0.717) is 6.42 Å². The van der Waals surface area contributed by atoms with Gasteiger partial charge < -0.3 is 5.32 Å². The molecule has 3 rings (SSSR count). The van der Waals surface area contributed by atoms with Gasteiger partial charge in [0.05, 0.1) is 29.9 Å². The summed E-state index contributed by atoms with van der Waals surface area (Å²) >= 11 is 1.52. The number of hydrogen-bond donors (Lipinski definition) is 1. The van der Waals surface area contributed by atoms with Crippen LogP contribution in [0.25, 0.3) is 0 Å². The van der Waals surface area contributed by atoms with Gasteiger partial charge in [-0.25, -0.2) is 4.98 Å². The van der Waals surface area contributed by atoms with Crippen molar-refractivity contribution in [3.05, 3.63) is 34.0 Å². The summed E-state index contributed by atoms with van der Waals surface area (Å²) in [5.41, 5.74) is 5.00. The highest BCUT2D eigenvalue weighted by molar-refractivity contribution is 7.07. The van der Waals surface area contributed by atoms with Gasteiger partial charge in [0.15, 0.2) is 0 Å². The highest BCUT2D eigenvalue weighted by Gasteiger charge is 2.24. The predicted molar refractivity (Wildman–Crippen MR) is 72.8 cm³/mol. The average molecular weight is 276 g/mol. The summed E-state index contributed by atoms with van der Waals surface area (Å²) in [5.74, 6) is 0.0348. The van der Waals surface area contributed by atoms with Crippen LogP contribution >= 0.6 is 11.3 Å². The molecule has 1 aliphatic rings. The van der Waals surface area contributed by atoms with Gasteiger partial charge in [0.1, 0.15) is 0 Å². The first-order chi connectivity index (χ1) is 9.24. The quantitative estimate of drug-likeness (QED) is 0.926. The lowest BCUT2D eigenvalue weighted by Crippen LogP contribution is -2.32. The molecule has 1 unspecified atom stereocenters. The molecule has 0 radical (unpaired) electrons. The molecule has 0 aliphatic heterocycles. The Bertz CT molecular complexity index is 575. The summed E-state index contributed by atoms with van der Waals surface area (Å²) in [7, 11) is 1.96. The lowest BCUT2D eigenvalue weighted by molar-refractivity contribution is -0.121. The molecule has 0 fully saturated rings. The van der Waals surface area contributed by atoms with E-state index in [1.54, 1.807) is 5.51 Å². The monoisotopic (exact) mass is 276 g/mol. The van der Waals surface area contributed by atoms with E-state index in [-0.39, 0.29) is 11.9 Å². The fraction of sp³-hybridized carbons (Fsp3) is 0.462. The molecule has 1 atom stereocenters. The maximum atomic E-state index is 12.0. The van der Waals surface area contributed by atoms with Gasteiger partial charge in [-0.15, -0.1) is 11.3 Å². The molecule has 0 aromatic carbocycles. The predicted octanol–water partition coefficient (Wildman–Crippen LogP) is 1.61. The lowest BCUT2D eigenvalue weighted by Gasteiger charge is -2.23. The number of amides is 1. The Hall–Kier alpha value is -1.69. The van der Waals surface area contributed by atoms with Crippen molar-refractivity contribution in [1.82, 2.24) is 20.1 Å². The number of thiazole rings is 1. The maximum Gasteiger partial charge on any atom is 0.226 e. The number of aryl methyl sites for hydroxylation is 1. The van der Waals surface area contributed by atoms with Gasteiger partial charge >= 0.3 is 0 Å². The Morgan fingerprint density at radius 3 is 3.32 bits per heavy atom. The molecule has 0 saturated carbocycles. The first kappa shape index (κ1) is 12.3. The van der Waals surface area contributed by atoms with E-state index in [1.165, 1.54) is 22.6 Å². The summed E-state index contributed by atoms with van der Waals surface area (Å²) < 4.78 is 1.91. The second-order valence-electron chi connectivity index (χ2n) is 4.84. The van der Waals surface area contributed by atoms with Crippen molar-refractivity contribution in [2.24, 2.45) is 7.05 Å². The van der Waals surface area contributed by atoms with Gasteiger partial charge in [0, 0.05) is 23.7 Å². The van der Waals surface area contributed by atoms with Crippen molar-refractivity contribution in [1.29, 1.82) is 0 Å². The number of aromatic nitrogens is 3. The van der Waals surface area contributed by atoms with Gasteiger partial charge in [-0.3, -0.25) is 9.48 Å². The van der Waals surface area contributed by atoms with Crippen LogP contribution in [0.4, 0.5) is 0 Å². The highest BCUT2D eigenvalue weighted by atomic mass is 32.1. The summed E-state index contributed by atoms with van der Waals surface area (Å²) in [6.45, 7) is 0. The van der Waals surface area contributed by atoms with E-state index >= 15 is 0 Å². The van der Waals surface area contributed by atoms with Gasteiger partial charge in [-0.2, -0.15) is 5.10 Å². The Labute approximate surface area is 115 Å². The number of nitrogens with zero attached hydrogens (tertiary/aromatic N) is 3. The van der Waals surface area contributed by atoms with E-state index in [0.717, 1.165) is 25.0 Å². The number of nitrogens with one attached hydrogen (secondary N) is 1. The zero-order valence-corrected chi connectivity index (χ0v) is 11.6. The molecule has 0 saturated heterocycles. The standard InChI is InChI=1S/C13H16N4OS/c1-17-12-4-2-3-11(10(12)6-15-17)16-13(18)5-9-7-19-8-14-9/h6-8,11H,2-5H2,1H3,(H,16,18). The van der Waals surface area contributed by atoms with Crippen LogP contribution in [-0.4, -0.2) is 20.7 Å². The van der Waals surface area contributed by atoms with Gasteiger partial charge in [0.25, 0.3) is 0 Å². The van der Waals surface area contributed by atoms with Crippen LogP contribution in [0.1, 0.15) is 35.8 Å². The molecule has 1 amide bonds. The summed E-state index contributed by atoms with van der Waals surface area (Å²) in [5, 5.41) is 9.30. The minimum atomic E-state index is 0.0348. The summed E-state index contributed by atoms with van der Waals surface area (Å²) in [4.78, 5) is 16.2. The number of rotatable bonds is 3. The van der Waals surface area contributed by atoms with Crippen LogP contribution in [0.3, 0.4) is 0 Å². The van der Waals surface area contributed by atoms with Crippen LogP contribution < -0.4 is 5.32 Å². The third kappa shape index (κ3) is 2.53. The third-order valence-electron chi connectivity index (χ3n) is 3.54. The van der Waals surface area contributed by atoms with Crippen molar-refractivity contribution in [2.45, 2.75) is 31.7 Å². The summed E-state index contributed by atoms with van der Waals surface area (Å²) in [6.07, 6.45) is 5.36. The third-order valence-corrected chi connectivity index (χ3v) is 4.17. The SMILES string of the molecule is Cn1ncc2c1CCCC2NC(=O)Cc1cscn1. The average Bonchev–Trinajstić information content (AvgIpc) is 3.01. The van der Waals surface area contributed by atoms with E-state index < -0.39 is 0 Å². The van der Waals surface area contributed by atoms with Gasteiger partial charge in [0.2, 0.25) is 5.91 Å². The zero-order chi connectivity index (χ0) is 13.2. The molecule has 100 valence electrons. The van der Waals surface area contributed by atoms with Crippen LogP contribution in [0, 0.1) is 0 Å². The van der Waals surface area contributed by atoms with E-state index in [1.807, 2.05) is 23.3 Å². The molecule has 1 N–H and O–H groups in total. The molecule has 2 heterocycles. The Morgan fingerprint density at radius 2 is 2.53 bits per heavy atom. The molecular weight excluding hydrogens is 260 g/mol. The van der Waals surface area contributed by atoms with Crippen molar-refractivity contribution in [2.75, 3.05) is 0 Å². The second kappa shape index (κ2) is 5.13. The fourth-order valence-electron chi connectivity index (χ4n) is 2.59. The smallest absolute Gasteiger partial charge is 0.226 e. The van der Waals surface area contributed by atoms with E-state index in [4.69, 9.17) is 0 Å². The molecule has 5 nitrogen and oxygen atoms in total. The van der Waals surface area contributed by atoms with Crippen LogP contribution in [0.5, 0.6) is 0 Å². The molecule has 2 aromatic heterocycles. The number of hydrogen-bond acceptors (Lipinski definition) is 4. The number of fused-ring (bicyclic) bond motifs is 1. The first-order valence-corrected chi connectivity index (χ1v) is 7.35. The Balaban J connectivity index is 1.69. The lowest BCUT2D eigenvalue weighted by atomic mass is 9.93. The second-order valence-corrected chi connectivity index (χ2v) is 5.56. The highest BCUT2D eigenvalue weighted by Crippen LogP contribution is 2.29. The van der Waals surface area contributed by atoms with Crippen molar-refractivity contribution in [3.63, 3.8) is 0 Å². The Kier molecular flexibility index (Phi) is 3.33. The first-order valence-electron chi connectivity index (χ1n) is 6.41. The molecule has 1 aliphatic carbocycles.